The number of carbonyl (C=O) groups is 1. The zero-order valence-corrected chi connectivity index (χ0v) is 18.1. The van der Waals surface area contributed by atoms with Crippen LogP contribution in [-0.4, -0.2) is 42.8 Å². The van der Waals surface area contributed by atoms with E-state index in [1.165, 1.54) is 7.11 Å². The van der Waals surface area contributed by atoms with Crippen molar-refractivity contribution in [1.29, 1.82) is 0 Å². The number of esters is 1. The van der Waals surface area contributed by atoms with Crippen molar-refractivity contribution in [3.63, 3.8) is 0 Å². The molecule has 0 fully saturated rings. The molecule has 0 saturated carbocycles. The Morgan fingerprint density at radius 1 is 1.10 bits per heavy atom. The molecule has 0 bridgehead atoms. The lowest BCUT2D eigenvalue weighted by Crippen LogP contribution is -2.21. The Balaban J connectivity index is 1.77. The van der Waals surface area contributed by atoms with Gasteiger partial charge in [0.15, 0.2) is 0 Å². The van der Waals surface area contributed by atoms with Gasteiger partial charge >= 0.3 is 5.97 Å². The van der Waals surface area contributed by atoms with Gasteiger partial charge in [0.2, 0.25) is 5.95 Å². The molecule has 160 valence electrons. The molecule has 0 aliphatic heterocycles. The second-order valence-electron chi connectivity index (χ2n) is 7.39. The van der Waals surface area contributed by atoms with Crippen LogP contribution in [0.2, 0.25) is 0 Å². The number of fused-ring (bicyclic) bond motifs is 1. The fourth-order valence-corrected chi connectivity index (χ4v) is 3.50. The highest BCUT2D eigenvalue weighted by atomic mass is 16.5. The summed E-state index contributed by atoms with van der Waals surface area (Å²) >= 11 is 0. The van der Waals surface area contributed by atoms with Crippen LogP contribution in [0, 0.1) is 0 Å². The highest BCUT2D eigenvalue weighted by molar-refractivity contribution is 5.83. The maximum absolute atomic E-state index is 11.2. The van der Waals surface area contributed by atoms with Crippen molar-refractivity contribution in [2.24, 2.45) is 0 Å². The third-order valence-electron chi connectivity index (χ3n) is 5.04. The summed E-state index contributed by atoms with van der Waals surface area (Å²) in [7, 11) is 3.50. The Labute approximate surface area is 178 Å². The second-order valence-corrected chi connectivity index (χ2v) is 7.39. The van der Waals surface area contributed by atoms with Crippen molar-refractivity contribution in [3.05, 3.63) is 48.5 Å². The van der Waals surface area contributed by atoms with Gasteiger partial charge in [0, 0.05) is 31.8 Å². The third kappa shape index (κ3) is 5.32. The van der Waals surface area contributed by atoms with Crippen LogP contribution in [0.25, 0.3) is 16.7 Å². The number of methoxy groups -OCH3 is 1. The molecule has 0 saturated heterocycles. The number of unbranched alkanes of at least 4 members (excludes halogenated alkanes) is 2. The van der Waals surface area contributed by atoms with E-state index in [0.29, 0.717) is 13.0 Å². The van der Waals surface area contributed by atoms with E-state index in [-0.39, 0.29) is 5.97 Å². The van der Waals surface area contributed by atoms with E-state index in [4.69, 9.17) is 9.72 Å². The van der Waals surface area contributed by atoms with Gasteiger partial charge in [0.25, 0.3) is 0 Å². The van der Waals surface area contributed by atoms with Gasteiger partial charge in [-0.05, 0) is 49.9 Å². The van der Waals surface area contributed by atoms with E-state index in [1.54, 1.807) is 0 Å². The topological polar surface area (TPSA) is 56.6 Å². The van der Waals surface area contributed by atoms with E-state index < -0.39 is 0 Å². The Bertz CT molecular complexity index is 953. The SMILES string of the molecule is CCCN(C)c1nc2ccc(OCCCCCC(=O)OC)cc2n1-c1ccccc1. The van der Waals surface area contributed by atoms with Gasteiger partial charge in [-0.25, -0.2) is 4.98 Å². The minimum absolute atomic E-state index is 0.153. The van der Waals surface area contributed by atoms with Gasteiger partial charge < -0.3 is 14.4 Å². The van der Waals surface area contributed by atoms with Gasteiger partial charge in [-0.1, -0.05) is 25.1 Å². The number of carbonyl (C=O) groups excluding carboxylic acids is 1. The molecular formula is C24H31N3O3. The van der Waals surface area contributed by atoms with Crippen molar-refractivity contribution in [1.82, 2.24) is 9.55 Å². The molecule has 1 aromatic heterocycles. The fourth-order valence-electron chi connectivity index (χ4n) is 3.50. The number of rotatable bonds is 11. The minimum atomic E-state index is -0.153. The molecule has 0 unspecified atom stereocenters. The smallest absolute Gasteiger partial charge is 0.305 e. The molecular weight excluding hydrogens is 378 g/mol. The molecule has 0 aliphatic rings. The van der Waals surface area contributed by atoms with E-state index in [0.717, 1.165) is 60.6 Å². The van der Waals surface area contributed by atoms with Gasteiger partial charge in [-0.2, -0.15) is 0 Å². The predicted molar refractivity (Wildman–Crippen MR) is 121 cm³/mol. The lowest BCUT2D eigenvalue weighted by atomic mass is 10.2. The number of ether oxygens (including phenoxy) is 2. The maximum Gasteiger partial charge on any atom is 0.305 e. The van der Waals surface area contributed by atoms with Gasteiger partial charge in [0.05, 0.1) is 24.8 Å². The molecule has 2 aromatic carbocycles. The molecule has 6 nitrogen and oxygen atoms in total. The lowest BCUT2D eigenvalue weighted by Gasteiger charge is -2.19. The van der Waals surface area contributed by atoms with Gasteiger partial charge in [0.1, 0.15) is 5.75 Å². The zero-order chi connectivity index (χ0) is 21.3. The van der Waals surface area contributed by atoms with Crippen LogP contribution in [0.5, 0.6) is 5.75 Å². The average molecular weight is 410 g/mol. The van der Waals surface area contributed by atoms with Gasteiger partial charge in [-0.15, -0.1) is 0 Å². The second kappa shape index (κ2) is 10.7. The standard InChI is InChI=1S/C24H31N3O3/c1-4-16-26(2)24-25-21-15-14-20(30-17-10-6-9-13-23(28)29-3)18-22(21)27(24)19-11-7-5-8-12-19/h5,7-8,11-12,14-15,18H,4,6,9-10,13,16-17H2,1-3H3. The third-order valence-corrected chi connectivity index (χ3v) is 5.04. The predicted octanol–water partition coefficient (Wildman–Crippen LogP) is 4.98. The summed E-state index contributed by atoms with van der Waals surface area (Å²) in [4.78, 5) is 18.2. The summed E-state index contributed by atoms with van der Waals surface area (Å²) in [5.41, 5.74) is 3.06. The van der Waals surface area contributed by atoms with E-state index in [9.17, 15) is 4.79 Å². The first-order valence-electron chi connectivity index (χ1n) is 10.6. The molecule has 6 heteroatoms. The van der Waals surface area contributed by atoms with Crippen molar-refractivity contribution in [3.8, 4) is 11.4 Å². The van der Waals surface area contributed by atoms with E-state index >= 15 is 0 Å². The largest absolute Gasteiger partial charge is 0.494 e. The molecule has 3 rings (SSSR count). The highest BCUT2D eigenvalue weighted by Crippen LogP contribution is 2.29. The average Bonchev–Trinajstić information content (AvgIpc) is 3.15. The van der Waals surface area contributed by atoms with E-state index in [1.807, 2.05) is 30.3 Å². The first-order chi connectivity index (χ1) is 14.6. The molecule has 0 radical (unpaired) electrons. The summed E-state index contributed by atoms with van der Waals surface area (Å²) in [6.45, 7) is 3.73. The van der Waals surface area contributed by atoms with Crippen LogP contribution in [-0.2, 0) is 9.53 Å². The van der Waals surface area contributed by atoms with E-state index in [2.05, 4.69) is 46.4 Å². The molecule has 0 spiro atoms. The Morgan fingerprint density at radius 3 is 2.63 bits per heavy atom. The van der Waals surface area contributed by atoms with Crippen LogP contribution >= 0.6 is 0 Å². The summed E-state index contributed by atoms with van der Waals surface area (Å²) < 4.78 is 12.8. The summed E-state index contributed by atoms with van der Waals surface area (Å²) in [6, 6.07) is 16.4. The summed E-state index contributed by atoms with van der Waals surface area (Å²) in [5, 5.41) is 0. The summed E-state index contributed by atoms with van der Waals surface area (Å²) in [6.07, 6.45) is 4.18. The Kier molecular flexibility index (Phi) is 7.71. The molecule has 30 heavy (non-hydrogen) atoms. The number of benzene rings is 2. The van der Waals surface area contributed by atoms with Crippen LogP contribution in [0.3, 0.4) is 0 Å². The lowest BCUT2D eigenvalue weighted by molar-refractivity contribution is -0.140. The number of anilines is 1. The maximum atomic E-state index is 11.2. The summed E-state index contributed by atoms with van der Waals surface area (Å²) in [5.74, 6) is 1.61. The van der Waals surface area contributed by atoms with Gasteiger partial charge in [-0.3, -0.25) is 9.36 Å². The normalized spacial score (nSPS) is 10.9. The van der Waals surface area contributed by atoms with Crippen molar-refractivity contribution in [2.45, 2.75) is 39.0 Å². The van der Waals surface area contributed by atoms with Crippen LogP contribution in [0.4, 0.5) is 5.95 Å². The number of para-hydroxylation sites is 1. The molecule has 0 atom stereocenters. The van der Waals surface area contributed by atoms with Crippen molar-refractivity contribution in [2.75, 3.05) is 32.2 Å². The van der Waals surface area contributed by atoms with Crippen LogP contribution in [0.15, 0.2) is 48.5 Å². The Morgan fingerprint density at radius 2 is 1.90 bits per heavy atom. The number of imidazole rings is 1. The van der Waals surface area contributed by atoms with Crippen molar-refractivity contribution < 1.29 is 14.3 Å². The number of aromatic nitrogens is 2. The number of nitrogens with zero attached hydrogens (tertiary/aromatic N) is 3. The zero-order valence-electron chi connectivity index (χ0n) is 18.1. The molecule has 0 amide bonds. The monoisotopic (exact) mass is 409 g/mol. The van der Waals surface area contributed by atoms with Crippen molar-refractivity contribution >= 4 is 23.0 Å². The number of hydrogen-bond acceptors (Lipinski definition) is 5. The van der Waals surface area contributed by atoms with Crippen LogP contribution < -0.4 is 9.64 Å². The molecule has 1 heterocycles. The Hall–Kier alpha value is -3.02. The minimum Gasteiger partial charge on any atom is -0.494 e. The molecule has 0 aliphatic carbocycles. The number of hydrogen-bond donors (Lipinski definition) is 0. The van der Waals surface area contributed by atoms with Crippen LogP contribution in [0.1, 0.15) is 39.0 Å². The molecule has 0 N–H and O–H groups in total. The first-order valence-corrected chi connectivity index (χ1v) is 10.6. The highest BCUT2D eigenvalue weighted by Gasteiger charge is 2.16. The fraction of sp³-hybridized carbons (Fsp3) is 0.417. The molecule has 3 aromatic rings. The first kappa shape index (κ1) is 21.7. The quantitative estimate of drug-likeness (QED) is 0.330.